The molecule has 170 valence electrons. The molecule has 0 atom stereocenters. The zero-order valence-corrected chi connectivity index (χ0v) is 18.5. The molecule has 9 heteroatoms. The normalized spacial score (nSPS) is 9.86. The van der Waals surface area contributed by atoms with Gasteiger partial charge in [0, 0.05) is 26.9 Å². The predicted molar refractivity (Wildman–Crippen MR) is 111 cm³/mol. The van der Waals surface area contributed by atoms with E-state index in [0.717, 1.165) is 25.4 Å². The summed E-state index contributed by atoms with van der Waals surface area (Å²) in [6, 6.07) is 0. The van der Waals surface area contributed by atoms with E-state index in [1.54, 1.807) is 7.11 Å². The molecule has 0 radical (unpaired) electrons. The highest BCUT2D eigenvalue weighted by atomic mass is 16.5. The van der Waals surface area contributed by atoms with Crippen LogP contribution in [0.3, 0.4) is 0 Å². The summed E-state index contributed by atoms with van der Waals surface area (Å²) in [7, 11) is 1.74. The van der Waals surface area contributed by atoms with Gasteiger partial charge in [-0.15, -0.1) is 0 Å². The topological polar surface area (TPSA) is 135 Å². The number of ether oxygens (including phenoxy) is 4. The van der Waals surface area contributed by atoms with Crippen molar-refractivity contribution in [3.05, 3.63) is 0 Å². The molecule has 9 nitrogen and oxygen atoms in total. The Kier molecular flexibility index (Phi) is 31.7. The average Bonchev–Trinajstić information content (AvgIpc) is 2.67. The lowest BCUT2D eigenvalue weighted by molar-refractivity contribution is -0.126. The SMILES string of the molecule is CCCCOCC(=O)NCCOCCOCC(C)=O.COCCC(C)C.NN. The third-order valence-electron chi connectivity index (χ3n) is 3.02. The Hall–Kier alpha value is -1.10. The Labute approximate surface area is 170 Å². The minimum Gasteiger partial charge on any atom is -0.385 e. The van der Waals surface area contributed by atoms with E-state index in [0.29, 0.717) is 33.0 Å². The molecule has 5 N–H and O–H groups in total. The number of rotatable bonds is 16. The molecule has 0 rings (SSSR count). The number of Topliss-reactive ketones (excluding diaryl/α,β-unsaturated/α-hetero) is 1. The Bertz CT molecular complexity index is 331. The van der Waals surface area contributed by atoms with Gasteiger partial charge in [-0.1, -0.05) is 27.2 Å². The van der Waals surface area contributed by atoms with Gasteiger partial charge in [0.2, 0.25) is 5.91 Å². The summed E-state index contributed by atoms with van der Waals surface area (Å²) < 4.78 is 20.3. The lowest BCUT2D eigenvalue weighted by Gasteiger charge is -2.07. The highest BCUT2D eigenvalue weighted by molar-refractivity contribution is 5.77. The van der Waals surface area contributed by atoms with Crippen LogP contribution < -0.4 is 17.0 Å². The molecule has 0 aliphatic heterocycles. The second-order valence-electron chi connectivity index (χ2n) is 6.30. The van der Waals surface area contributed by atoms with Crippen molar-refractivity contribution >= 4 is 11.7 Å². The van der Waals surface area contributed by atoms with Crippen LogP contribution in [0.2, 0.25) is 0 Å². The number of ketones is 1. The van der Waals surface area contributed by atoms with Gasteiger partial charge in [0.25, 0.3) is 0 Å². The summed E-state index contributed by atoms with van der Waals surface area (Å²) in [4.78, 5) is 21.8. The maximum atomic E-state index is 11.3. The van der Waals surface area contributed by atoms with Crippen LogP contribution in [0.4, 0.5) is 0 Å². The number of hydrogen-bond acceptors (Lipinski definition) is 8. The van der Waals surface area contributed by atoms with Crippen molar-refractivity contribution in [2.75, 3.05) is 59.9 Å². The molecule has 0 saturated carbocycles. The number of methoxy groups -OCH3 is 1. The molecule has 28 heavy (non-hydrogen) atoms. The molecule has 0 aromatic rings. The summed E-state index contributed by atoms with van der Waals surface area (Å²) >= 11 is 0. The van der Waals surface area contributed by atoms with E-state index >= 15 is 0 Å². The van der Waals surface area contributed by atoms with Crippen LogP contribution in [0, 0.1) is 5.92 Å². The van der Waals surface area contributed by atoms with Gasteiger partial charge in [-0.2, -0.15) is 0 Å². The number of hydrogen-bond donors (Lipinski definition) is 3. The third-order valence-corrected chi connectivity index (χ3v) is 3.02. The number of nitrogens with two attached hydrogens (primary N) is 2. The van der Waals surface area contributed by atoms with E-state index in [-0.39, 0.29) is 24.9 Å². The van der Waals surface area contributed by atoms with Crippen LogP contribution in [0.5, 0.6) is 0 Å². The van der Waals surface area contributed by atoms with E-state index in [4.69, 9.17) is 18.9 Å². The van der Waals surface area contributed by atoms with E-state index < -0.39 is 0 Å². The Morgan fingerprint density at radius 2 is 1.54 bits per heavy atom. The first-order valence-electron chi connectivity index (χ1n) is 9.75. The molecular formula is C19H43N3O6. The fourth-order valence-electron chi connectivity index (χ4n) is 1.51. The minimum absolute atomic E-state index is 0.00432. The van der Waals surface area contributed by atoms with Crippen LogP contribution in [0.15, 0.2) is 0 Å². The molecule has 0 aromatic carbocycles. The highest BCUT2D eigenvalue weighted by Crippen LogP contribution is 1.96. The van der Waals surface area contributed by atoms with Crippen molar-refractivity contribution < 1.29 is 28.5 Å². The standard InChI is InChI=1S/C13H25NO5.C6H14O.H4N2/c1-3-4-6-18-11-13(16)14-5-7-17-8-9-19-10-12(2)15;1-6(2)4-5-7-3;1-2/h3-11H2,1-2H3,(H,14,16);6H,4-5H2,1-3H3;1-2H2. The van der Waals surface area contributed by atoms with Gasteiger partial charge in [0.15, 0.2) is 5.78 Å². The zero-order valence-electron chi connectivity index (χ0n) is 18.5. The highest BCUT2D eigenvalue weighted by Gasteiger charge is 2.00. The largest absolute Gasteiger partial charge is 0.385 e. The lowest BCUT2D eigenvalue weighted by Crippen LogP contribution is -2.31. The van der Waals surface area contributed by atoms with Gasteiger partial charge in [0.1, 0.15) is 13.2 Å². The van der Waals surface area contributed by atoms with Crippen LogP contribution in [-0.2, 0) is 28.5 Å². The van der Waals surface area contributed by atoms with Crippen LogP contribution in [0.1, 0.15) is 47.0 Å². The summed E-state index contributed by atoms with van der Waals surface area (Å²) in [6.07, 6.45) is 3.20. The maximum absolute atomic E-state index is 11.3. The van der Waals surface area contributed by atoms with E-state index in [2.05, 4.69) is 37.8 Å². The van der Waals surface area contributed by atoms with E-state index in [1.807, 2.05) is 0 Å². The van der Waals surface area contributed by atoms with Crippen LogP contribution in [-0.4, -0.2) is 71.6 Å². The minimum atomic E-state index is -0.132. The molecular weight excluding hydrogens is 366 g/mol. The number of carbonyl (C=O) groups is 2. The zero-order chi connectivity index (χ0) is 22.0. The summed E-state index contributed by atoms with van der Waals surface area (Å²) in [5, 5.41) is 2.68. The number of carbonyl (C=O) groups excluding carboxylic acids is 2. The van der Waals surface area contributed by atoms with Crippen molar-refractivity contribution in [3.63, 3.8) is 0 Å². The van der Waals surface area contributed by atoms with Crippen molar-refractivity contribution in [2.24, 2.45) is 17.6 Å². The first-order valence-corrected chi connectivity index (χ1v) is 9.75. The number of unbranched alkanes of at least 4 members (excludes halogenated alkanes) is 1. The monoisotopic (exact) mass is 409 g/mol. The molecule has 0 bridgehead atoms. The molecule has 0 unspecified atom stereocenters. The number of hydrazine groups is 1. The van der Waals surface area contributed by atoms with Crippen molar-refractivity contribution in [1.29, 1.82) is 0 Å². The quantitative estimate of drug-likeness (QED) is 0.195. The van der Waals surface area contributed by atoms with Gasteiger partial charge in [-0.25, -0.2) is 0 Å². The van der Waals surface area contributed by atoms with Gasteiger partial charge in [0.05, 0.1) is 19.8 Å². The fraction of sp³-hybridized carbons (Fsp3) is 0.895. The molecule has 0 heterocycles. The van der Waals surface area contributed by atoms with E-state index in [9.17, 15) is 9.59 Å². The van der Waals surface area contributed by atoms with Crippen molar-refractivity contribution in [3.8, 4) is 0 Å². The summed E-state index contributed by atoms with van der Waals surface area (Å²) in [5.41, 5.74) is 0. The Balaban J connectivity index is -0.000000581. The van der Waals surface area contributed by atoms with Gasteiger partial charge >= 0.3 is 0 Å². The second kappa shape index (κ2) is 28.1. The molecule has 0 aromatic heterocycles. The van der Waals surface area contributed by atoms with Gasteiger partial charge in [-0.05, 0) is 25.7 Å². The van der Waals surface area contributed by atoms with Crippen LogP contribution >= 0.6 is 0 Å². The average molecular weight is 410 g/mol. The lowest BCUT2D eigenvalue weighted by atomic mass is 10.1. The first kappa shape index (κ1) is 31.6. The van der Waals surface area contributed by atoms with Crippen LogP contribution in [0.25, 0.3) is 0 Å². The van der Waals surface area contributed by atoms with Crippen molar-refractivity contribution in [1.82, 2.24) is 5.32 Å². The Morgan fingerprint density at radius 3 is 2.04 bits per heavy atom. The second-order valence-corrected chi connectivity index (χ2v) is 6.30. The van der Waals surface area contributed by atoms with Gasteiger partial charge < -0.3 is 24.3 Å². The summed E-state index contributed by atoms with van der Waals surface area (Å²) in [6.45, 7) is 11.3. The predicted octanol–water partition coefficient (Wildman–Crippen LogP) is 1.04. The Morgan fingerprint density at radius 1 is 0.929 bits per heavy atom. The number of amides is 1. The molecule has 0 fully saturated rings. The fourth-order valence-corrected chi connectivity index (χ4v) is 1.51. The van der Waals surface area contributed by atoms with Crippen molar-refractivity contribution in [2.45, 2.75) is 47.0 Å². The van der Waals surface area contributed by atoms with E-state index in [1.165, 1.54) is 13.3 Å². The molecule has 0 aliphatic carbocycles. The first-order chi connectivity index (χ1) is 13.4. The molecule has 0 spiro atoms. The smallest absolute Gasteiger partial charge is 0.246 e. The molecule has 0 saturated heterocycles. The molecule has 1 amide bonds. The summed E-state index contributed by atoms with van der Waals surface area (Å²) in [5.74, 6) is 8.64. The third kappa shape index (κ3) is 35.9. The maximum Gasteiger partial charge on any atom is 0.246 e. The number of nitrogens with one attached hydrogen (secondary N) is 1. The van der Waals surface area contributed by atoms with Gasteiger partial charge in [-0.3, -0.25) is 21.3 Å². The molecule has 0 aliphatic rings.